The molecule has 0 unspecified atom stereocenters. The van der Waals surface area contributed by atoms with E-state index in [-0.39, 0.29) is 5.82 Å². The van der Waals surface area contributed by atoms with Gasteiger partial charge in [-0.05, 0) is 49.2 Å². The zero-order valence-corrected chi connectivity index (χ0v) is 12.2. The van der Waals surface area contributed by atoms with Crippen molar-refractivity contribution in [2.45, 2.75) is 13.8 Å². The standard InChI is InChI=1S/C17H14FNS/c1-11-3-8-15-16(9-11)19-12(2)20-17(15)10-13-4-6-14(18)7-5-13/h3-10H,1-2H3/b17-10-. The van der Waals surface area contributed by atoms with Crippen molar-refractivity contribution in [1.29, 1.82) is 0 Å². The molecule has 0 atom stereocenters. The lowest BCUT2D eigenvalue weighted by atomic mass is 10.1. The number of aliphatic imine (C=N–C) groups is 1. The van der Waals surface area contributed by atoms with E-state index >= 15 is 0 Å². The van der Waals surface area contributed by atoms with Crippen LogP contribution in [0.2, 0.25) is 0 Å². The molecule has 20 heavy (non-hydrogen) atoms. The number of hydrogen-bond acceptors (Lipinski definition) is 2. The van der Waals surface area contributed by atoms with Crippen LogP contribution in [-0.4, -0.2) is 5.04 Å². The molecule has 0 amide bonds. The van der Waals surface area contributed by atoms with Gasteiger partial charge in [-0.15, -0.1) is 0 Å². The number of thioether (sulfide) groups is 1. The molecule has 1 aliphatic heterocycles. The molecule has 0 spiro atoms. The van der Waals surface area contributed by atoms with Gasteiger partial charge in [-0.25, -0.2) is 9.38 Å². The Kier molecular flexibility index (Phi) is 3.45. The van der Waals surface area contributed by atoms with E-state index in [1.54, 1.807) is 23.9 Å². The molecule has 0 aliphatic carbocycles. The summed E-state index contributed by atoms with van der Waals surface area (Å²) in [4.78, 5) is 5.74. The first-order valence-corrected chi connectivity index (χ1v) is 7.25. The summed E-state index contributed by atoms with van der Waals surface area (Å²) in [7, 11) is 0. The Hall–Kier alpha value is -1.87. The molecule has 1 heterocycles. The second kappa shape index (κ2) is 5.25. The Morgan fingerprint density at radius 1 is 1.05 bits per heavy atom. The highest BCUT2D eigenvalue weighted by atomic mass is 32.2. The number of nitrogens with zero attached hydrogens (tertiary/aromatic N) is 1. The van der Waals surface area contributed by atoms with E-state index in [4.69, 9.17) is 0 Å². The van der Waals surface area contributed by atoms with Gasteiger partial charge in [0.25, 0.3) is 0 Å². The lowest BCUT2D eigenvalue weighted by Gasteiger charge is -2.16. The third-order valence-corrected chi connectivity index (χ3v) is 4.07. The first-order chi connectivity index (χ1) is 9.61. The maximum absolute atomic E-state index is 13.0. The van der Waals surface area contributed by atoms with Crippen LogP contribution in [0.25, 0.3) is 11.0 Å². The monoisotopic (exact) mass is 283 g/mol. The van der Waals surface area contributed by atoms with Crippen LogP contribution in [0.15, 0.2) is 47.5 Å². The molecule has 0 fully saturated rings. The number of halogens is 1. The summed E-state index contributed by atoms with van der Waals surface area (Å²) in [6, 6.07) is 12.8. The second-order valence-electron chi connectivity index (χ2n) is 4.81. The number of fused-ring (bicyclic) bond motifs is 1. The minimum Gasteiger partial charge on any atom is -0.246 e. The first-order valence-electron chi connectivity index (χ1n) is 6.43. The van der Waals surface area contributed by atoms with Crippen molar-refractivity contribution < 1.29 is 4.39 Å². The molecule has 3 rings (SSSR count). The molecule has 0 saturated heterocycles. The summed E-state index contributed by atoms with van der Waals surface area (Å²) in [6.07, 6.45) is 2.08. The highest BCUT2D eigenvalue weighted by Crippen LogP contribution is 2.41. The zero-order valence-electron chi connectivity index (χ0n) is 11.4. The Labute approximate surface area is 122 Å². The highest BCUT2D eigenvalue weighted by molar-refractivity contribution is 8.22. The quantitative estimate of drug-likeness (QED) is 0.680. The maximum atomic E-state index is 13.0. The third-order valence-electron chi connectivity index (χ3n) is 3.12. The summed E-state index contributed by atoms with van der Waals surface area (Å²) in [5, 5.41) is 1.02. The molecule has 0 bridgehead atoms. The van der Waals surface area contributed by atoms with E-state index in [9.17, 15) is 4.39 Å². The van der Waals surface area contributed by atoms with Gasteiger partial charge < -0.3 is 0 Å². The highest BCUT2D eigenvalue weighted by Gasteiger charge is 2.15. The summed E-state index contributed by atoms with van der Waals surface area (Å²) in [5.74, 6) is -0.211. The van der Waals surface area contributed by atoms with Crippen LogP contribution in [0.4, 0.5) is 10.1 Å². The maximum Gasteiger partial charge on any atom is 0.123 e. The molecule has 0 saturated carbocycles. The zero-order chi connectivity index (χ0) is 14.1. The Morgan fingerprint density at radius 2 is 1.80 bits per heavy atom. The van der Waals surface area contributed by atoms with Crippen molar-refractivity contribution in [2.75, 3.05) is 0 Å². The number of rotatable bonds is 1. The average molecular weight is 283 g/mol. The van der Waals surface area contributed by atoms with Crippen LogP contribution in [0.1, 0.15) is 23.6 Å². The van der Waals surface area contributed by atoms with Gasteiger partial charge in [0, 0.05) is 10.5 Å². The molecule has 100 valence electrons. The van der Waals surface area contributed by atoms with Crippen LogP contribution >= 0.6 is 11.8 Å². The normalized spacial score (nSPS) is 15.9. The van der Waals surface area contributed by atoms with E-state index in [0.29, 0.717) is 0 Å². The predicted molar refractivity (Wildman–Crippen MR) is 85.8 cm³/mol. The van der Waals surface area contributed by atoms with E-state index in [2.05, 4.69) is 36.2 Å². The van der Waals surface area contributed by atoms with E-state index in [1.165, 1.54) is 17.7 Å². The number of hydrogen-bond donors (Lipinski definition) is 0. The second-order valence-corrected chi connectivity index (χ2v) is 6.05. The fourth-order valence-electron chi connectivity index (χ4n) is 2.17. The fraction of sp³-hybridized carbons (Fsp3) is 0.118. The number of benzene rings is 2. The van der Waals surface area contributed by atoms with Crippen molar-refractivity contribution in [3.05, 3.63) is 65.0 Å². The smallest absolute Gasteiger partial charge is 0.123 e. The van der Waals surface area contributed by atoms with Crippen molar-refractivity contribution in [3.63, 3.8) is 0 Å². The van der Waals surface area contributed by atoms with Crippen molar-refractivity contribution in [2.24, 2.45) is 4.99 Å². The van der Waals surface area contributed by atoms with Gasteiger partial charge in [0.1, 0.15) is 5.82 Å². The van der Waals surface area contributed by atoms with E-state index in [0.717, 1.165) is 26.8 Å². The lowest BCUT2D eigenvalue weighted by Crippen LogP contribution is -1.95. The third kappa shape index (κ3) is 2.68. The molecule has 2 aromatic rings. The SMILES string of the molecule is CC1=Nc2cc(C)ccc2/C(=C/c2ccc(F)cc2)S1. The van der Waals surface area contributed by atoms with Gasteiger partial charge in [0.2, 0.25) is 0 Å². The van der Waals surface area contributed by atoms with Crippen LogP contribution in [-0.2, 0) is 0 Å². The van der Waals surface area contributed by atoms with Crippen LogP contribution in [0.5, 0.6) is 0 Å². The lowest BCUT2D eigenvalue weighted by molar-refractivity contribution is 0.628. The molecule has 3 heteroatoms. The summed E-state index contributed by atoms with van der Waals surface area (Å²) in [6.45, 7) is 4.07. The van der Waals surface area contributed by atoms with Gasteiger partial charge in [0.15, 0.2) is 0 Å². The van der Waals surface area contributed by atoms with Gasteiger partial charge in [-0.3, -0.25) is 0 Å². The largest absolute Gasteiger partial charge is 0.246 e. The van der Waals surface area contributed by atoms with E-state index in [1.807, 2.05) is 6.92 Å². The summed E-state index contributed by atoms with van der Waals surface area (Å²) >= 11 is 1.65. The fourth-order valence-corrected chi connectivity index (χ4v) is 3.11. The number of aryl methyl sites for hydroxylation is 1. The van der Waals surface area contributed by atoms with Crippen LogP contribution in [0, 0.1) is 12.7 Å². The van der Waals surface area contributed by atoms with Crippen molar-refractivity contribution >= 4 is 33.5 Å². The Morgan fingerprint density at radius 3 is 2.55 bits per heavy atom. The van der Waals surface area contributed by atoms with Crippen molar-refractivity contribution in [1.82, 2.24) is 0 Å². The Bertz CT molecular complexity index is 714. The van der Waals surface area contributed by atoms with Gasteiger partial charge in [-0.1, -0.05) is 36.0 Å². The molecule has 1 aliphatic rings. The van der Waals surface area contributed by atoms with Crippen LogP contribution in [0.3, 0.4) is 0 Å². The van der Waals surface area contributed by atoms with Gasteiger partial charge >= 0.3 is 0 Å². The molecule has 0 radical (unpaired) electrons. The molecular weight excluding hydrogens is 269 g/mol. The van der Waals surface area contributed by atoms with Gasteiger partial charge in [0.05, 0.1) is 10.7 Å². The average Bonchev–Trinajstić information content (AvgIpc) is 2.40. The minimum absolute atomic E-state index is 0.211. The van der Waals surface area contributed by atoms with E-state index < -0.39 is 0 Å². The molecule has 2 aromatic carbocycles. The predicted octanol–water partition coefficient (Wildman–Crippen LogP) is 5.43. The molecule has 0 aromatic heterocycles. The first kappa shape index (κ1) is 13.1. The molecule has 1 nitrogen and oxygen atoms in total. The summed E-state index contributed by atoms with van der Waals surface area (Å²) in [5.41, 5.74) is 4.34. The molecule has 0 N–H and O–H groups in total. The Balaban J connectivity index is 2.07. The van der Waals surface area contributed by atoms with Crippen molar-refractivity contribution in [3.8, 4) is 0 Å². The topological polar surface area (TPSA) is 12.4 Å². The molecular formula is C17H14FNS. The summed E-state index contributed by atoms with van der Waals surface area (Å²) < 4.78 is 13.0. The van der Waals surface area contributed by atoms with Gasteiger partial charge in [-0.2, -0.15) is 0 Å². The minimum atomic E-state index is -0.211. The van der Waals surface area contributed by atoms with Crippen LogP contribution < -0.4 is 0 Å².